The van der Waals surface area contributed by atoms with Crippen LogP contribution < -0.4 is 4.72 Å². The minimum atomic E-state index is -3.55. The van der Waals surface area contributed by atoms with Gasteiger partial charge in [-0.1, -0.05) is 15.9 Å². The Morgan fingerprint density at radius 1 is 1.50 bits per heavy atom. The standard InChI is InChI=1S/C8H7BrN2O2S/c1-11-14(12,13)8-3-2-7(9)4-6(8)5-10/h2-4,11H,1H3. The predicted octanol–water partition coefficient (Wildman–Crippen LogP) is 1.23. The Labute approximate surface area is 90.7 Å². The van der Waals surface area contributed by atoms with Crippen LogP contribution in [0.1, 0.15) is 5.56 Å². The molecule has 0 aromatic heterocycles. The van der Waals surface area contributed by atoms with Gasteiger partial charge < -0.3 is 0 Å². The summed E-state index contributed by atoms with van der Waals surface area (Å²) in [5.74, 6) is 0. The quantitative estimate of drug-likeness (QED) is 0.882. The first-order chi connectivity index (χ1) is 6.51. The third kappa shape index (κ3) is 2.12. The molecule has 1 aromatic rings. The number of hydrogen-bond donors (Lipinski definition) is 1. The van der Waals surface area contributed by atoms with E-state index in [0.717, 1.165) is 0 Å². The van der Waals surface area contributed by atoms with Gasteiger partial charge in [0.1, 0.15) is 6.07 Å². The lowest BCUT2D eigenvalue weighted by Gasteiger charge is -2.04. The Kier molecular flexibility index (Phi) is 3.26. The first kappa shape index (κ1) is 11.2. The summed E-state index contributed by atoms with van der Waals surface area (Å²) in [6.45, 7) is 0. The molecule has 0 saturated carbocycles. The molecule has 0 aliphatic carbocycles. The molecular formula is C8H7BrN2O2S. The van der Waals surface area contributed by atoms with Gasteiger partial charge in [-0.15, -0.1) is 0 Å². The zero-order valence-electron chi connectivity index (χ0n) is 7.28. The zero-order valence-corrected chi connectivity index (χ0v) is 9.68. The molecule has 0 aliphatic heterocycles. The van der Waals surface area contributed by atoms with E-state index < -0.39 is 10.0 Å². The Balaban J connectivity index is 3.45. The van der Waals surface area contributed by atoms with Crippen molar-refractivity contribution in [2.75, 3.05) is 7.05 Å². The summed E-state index contributed by atoms with van der Waals surface area (Å²) in [6.07, 6.45) is 0. The number of halogens is 1. The Hall–Kier alpha value is -0.900. The van der Waals surface area contributed by atoms with Crippen molar-refractivity contribution < 1.29 is 8.42 Å². The molecule has 0 saturated heterocycles. The van der Waals surface area contributed by atoms with Gasteiger partial charge >= 0.3 is 0 Å². The summed E-state index contributed by atoms with van der Waals surface area (Å²) < 4.78 is 25.7. The van der Waals surface area contributed by atoms with Crippen molar-refractivity contribution in [3.8, 4) is 6.07 Å². The number of sulfonamides is 1. The minimum absolute atomic E-state index is 0.00861. The van der Waals surface area contributed by atoms with E-state index in [1.54, 1.807) is 6.07 Å². The number of rotatable bonds is 2. The SMILES string of the molecule is CNS(=O)(=O)c1ccc(Br)cc1C#N. The van der Waals surface area contributed by atoms with Crippen LogP contribution in [-0.2, 0) is 10.0 Å². The molecular weight excluding hydrogens is 268 g/mol. The molecule has 1 N–H and O–H groups in total. The van der Waals surface area contributed by atoms with Crippen molar-refractivity contribution in [3.63, 3.8) is 0 Å². The van der Waals surface area contributed by atoms with Gasteiger partial charge in [-0.25, -0.2) is 13.1 Å². The molecule has 4 nitrogen and oxygen atoms in total. The fourth-order valence-electron chi connectivity index (χ4n) is 0.934. The van der Waals surface area contributed by atoms with Crippen molar-refractivity contribution in [2.45, 2.75) is 4.90 Å². The summed E-state index contributed by atoms with van der Waals surface area (Å²) >= 11 is 3.16. The second kappa shape index (κ2) is 4.09. The second-order valence-corrected chi connectivity index (χ2v) is 5.23. The molecule has 0 spiro atoms. The van der Waals surface area contributed by atoms with E-state index in [9.17, 15) is 8.42 Å². The number of nitriles is 1. The highest BCUT2D eigenvalue weighted by atomic mass is 79.9. The fourth-order valence-corrected chi connectivity index (χ4v) is 2.16. The summed E-state index contributed by atoms with van der Waals surface area (Å²) in [4.78, 5) is -0.00861. The summed E-state index contributed by atoms with van der Waals surface area (Å²) in [6, 6.07) is 6.25. The average Bonchev–Trinajstić information content (AvgIpc) is 2.17. The first-order valence-corrected chi connectivity index (χ1v) is 5.92. The normalized spacial score (nSPS) is 10.9. The largest absolute Gasteiger partial charge is 0.241 e. The number of nitrogens with zero attached hydrogens (tertiary/aromatic N) is 1. The first-order valence-electron chi connectivity index (χ1n) is 3.64. The van der Waals surface area contributed by atoms with Crippen molar-refractivity contribution in [1.29, 1.82) is 5.26 Å². The second-order valence-electron chi connectivity index (χ2n) is 2.46. The van der Waals surface area contributed by atoms with Gasteiger partial charge in [-0.3, -0.25) is 0 Å². The van der Waals surface area contributed by atoms with Crippen molar-refractivity contribution in [3.05, 3.63) is 28.2 Å². The lowest BCUT2D eigenvalue weighted by molar-refractivity contribution is 0.588. The van der Waals surface area contributed by atoms with E-state index in [4.69, 9.17) is 5.26 Å². The summed E-state index contributed by atoms with van der Waals surface area (Å²) in [7, 11) is -2.25. The van der Waals surface area contributed by atoms with E-state index in [1.807, 2.05) is 6.07 Å². The maximum Gasteiger partial charge on any atom is 0.241 e. The van der Waals surface area contributed by atoms with Crippen LogP contribution in [0.4, 0.5) is 0 Å². The molecule has 74 valence electrons. The highest BCUT2D eigenvalue weighted by molar-refractivity contribution is 9.10. The Morgan fingerprint density at radius 3 is 2.64 bits per heavy atom. The van der Waals surface area contributed by atoms with E-state index in [-0.39, 0.29) is 10.5 Å². The van der Waals surface area contributed by atoms with Gasteiger partial charge in [0.25, 0.3) is 0 Å². The number of nitrogens with one attached hydrogen (secondary N) is 1. The molecule has 0 amide bonds. The maximum absolute atomic E-state index is 11.4. The average molecular weight is 275 g/mol. The molecule has 6 heteroatoms. The Morgan fingerprint density at radius 2 is 2.14 bits per heavy atom. The summed E-state index contributed by atoms with van der Waals surface area (Å²) in [5.41, 5.74) is 0.119. The molecule has 0 heterocycles. The van der Waals surface area contributed by atoms with Gasteiger partial charge in [0.2, 0.25) is 10.0 Å². The van der Waals surface area contributed by atoms with Gasteiger partial charge in [-0.2, -0.15) is 5.26 Å². The van der Waals surface area contributed by atoms with Crippen molar-refractivity contribution in [1.82, 2.24) is 4.72 Å². The Bertz CT molecular complexity index is 491. The van der Waals surface area contributed by atoms with E-state index >= 15 is 0 Å². The molecule has 0 bridgehead atoms. The van der Waals surface area contributed by atoms with Crippen LogP contribution in [0.2, 0.25) is 0 Å². The van der Waals surface area contributed by atoms with Crippen LogP contribution in [0.15, 0.2) is 27.6 Å². The maximum atomic E-state index is 11.4. The topological polar surface area (TPSA) is 70.0 Å². The van der Waals surface area contributed by atoms with Crippen LogP contribution in [0.5, 0.6) is 0 Å². The van der Waals surface area contributed by atoms with Crippen molar-refractivity contribution >= 4 is 26.0 Å². The van der Waals surface area contributed by atoms with Crippen LogP contribution >= 0.6 is 15.9 Å². The van der Waals surface area contributed by atoms with Crippen LogP contribution in [-0.4, -0.2) is 15.5 Å². The fraction of sp³-hybridized carbons (Fsp3) is 0.125. The molecule has 0 aliphatic rings. The predicted molar refractivity (Wildman–Crippen MR) is 55.1 cm³/mol. The lowest BCUT2D eigenvalue weighted by Crippen LogP contribution is -2.19. The van der Waals surface area contributed by atoms with Crippen LogP contribution in [0.3, 0.4) is 0 Å². The third-order valence-corrected chi connectivity index (χ3v) is 3.59. The monoisotopic (exact) mass is 274 g/mol. The van der Waals surface area contributed by atoms with Gasteiger partial charge in [0, 0.05) is 4.47 Å². The molecule has 0 fully saturated rings. The number of hydrogen-bond acceptors (Lipinski definition) is 3. The van der Waals surface area contributed by atoms with Crippen LogP contribution in [0, 0.1) is 11.3 Å². The molecule has 0 radical (unpaired) electrons. The highest BCUT2D eigenvalue weighted by Gasteiger charge is 2.16. The summed E-state index contributed by atoms with van der Waals surface area (Å²) in [5, 5.41) is 8.74. The van der Waals surface area contributed by atoms with E-state index in [0.29, 0.717) is 4.47 Å². The van der Waals surface area contributed by atoms with E-state index in [2.05, 4.69) is 20.7 Å². The van der Waals surface area contributed by atoms with Crippen LogP contribution in [0.25, 0.3) is 0 Å². The van der Waals surface area contributed by atoms with E-state index in [1.165, 1.54) is 19.2 Å². The van der Waals surface area contributed by atoms with Gasteiger partial charge in [-0.05, 0) is 25.2 Å². The molecule has 14 heavy (non-hydrogen) atoms. The minimum Gasteiger partial charge on any atom is -0.214 e. The van der Waals surface area contributed by atoms with Gasteiger partial charge in [0.05, 0.1) is 10.5 Å². The highest BCUT2D eigenvalue weighted by Crippen LogP contribution is 2.19. The lowest BCUT2D eigenvalue weighted by atomic mass is 10.2. The number of benzene rings is 1. The molecule has 1 rings (SSSR count). The smallest absolute Gasteiger partial charge is 0.214 e. The molecule has 1 aromatic carbocycles. The van der Waals surface area contributed by atoms with Crippen molar-refractivity contribution in [2.24, 2.45) is 0 Å². The third-order valence-electron chi connectivity index (χ3n) is 1.62. The van der Waals surface area contributed by atoms with Gasteiger partial charge in [0.15, 0.2) is 0 Å². The molecule has 0 unspecified atom stereocenters. The zero-order chi connectivity index (χ0) is 10.8. The molecule has 0 atom stereocenters.